The fourth-order valence-corrected chi connectivity index (χ4v) is 0.744. The summed E-state index contributed by atoms with van der Waals surface area (Å²) in [5.74, 6) is 5.39. The molecule has 0 aromatic rings. The summed E-state index contributed by atoms with van der Waals surface area (Å²) in [6.45, 7) is 7.41. The lowest BCUT2D eigenvalue weighted by Crippen LogP contribution is -2.39. The van der Waals surface area contributed by atoms with Gasteiger partial charge in [0.15, 0.2) is 0 Å². The topological polar surface area (TPSA) is 64.3 Å². The Morgan fingerprint density at radius 2 is 2.14 bits per heavy atom. The summed E-state index contributed by atoms with van der Waals surface area (Å²) in [4.78, 5) is 11.1. The van der Waals surface area contributed by atoms with E-state index in [0.717, 1.165) is 0 Å². The second kappa shape index (κ2) is 5.51. The minimum absolute atomic E-state index is 0.301. The molecule has 0 aliphatic rings. The standard InChI is InChI=1S/C10H18N2O2/c1-5-6-8(11)7-12-9(13)14-10(2,3)4/h8H,7,11H2,1-4H3,(H,12,13). The highest BCUT2D eigenvalue weighted by molar-refractivity contribution is 5.67. The molecule has 0 bridgehead atoms. The lowest BCUT2D eigenvalue weighted by Gasteiger charge is -2.20. The molecule has 14 heavy (non-hydrogen) atoms. The Labute approximate surface area is 85.2 Å². The third-order valence-corrected chi connectivity index (χ3v) is 1.19. The van der Waals surface area contributed by atoms with Crippen LogP contribution in [0.4, 0.5) is 4.79 Å². The Hall–Kier alpha value is -1.21. The first-order chi connectivity index (χ1) is 6.35. The molecule has 0 heterocycles. The van der Waals surface area contributed by atoms with E-state index in [0.29, 0.717) is 6.54 Å². The zero-order chi connectivity index (χ0) is 11.2. The highest BCUT2D eigenvalue weighted by atomic mass is 16.6. The first kappa shape index (κ1) is 12.8. The van der Waals surface area contributed by atoms with E-state index in [2.05, 4.69) is 17.2 Å². The van der Waals surface area contributed by atoms with Crippen LogP contribution in [0, 0.1) is 11.8 Å². The molecule has 1 unspecified atom stereocenters. The highest BCUT2D eigenvalue weighted by Gasteiger charge is 2.15. The predicted molar refractivity (Wildman–Crippen MR) is 55.7 cm³/mol. The van der Waals surface area contributed by atoms with Gasteiger partial charge in [0.1, 0.15) is 5.60 Å². The van der Waals surface area contributed by atoms with Crippen LogP contribution >= 0.6 is 0 Å². The molecule has 0 radical (unpaired) electrons. The number of rotatable bonds is 2. The SMILES string of the molecule is CC#CC(N)CNC(=O)OC(C)(C)C. The molecular weight excluding hydrogens is 180 g/mol. The van der Waals surface area contributed by atoms with Gasteiger partial charge in [0.05, 0.1) is 6.04 Å². The Balaban J connectivity index is 3.79. The fraction of sp³-hybridized carbons (Fsp3) is 0.700. The number of alkyl carbamates (subject to hydrolysis) is 1. The monoisotopic (exact) mass is 198 g/mol. The molecule has 0 aromatic heterocycles. The van der Waals surface area contributed by atoms with Gasteiger partial charge in [-0.3, -0.25) is 0 Å². The first-order valence-corrected chi connectivity index (χ1v) is 4.50. The van der Waals surface area contributed by atoms with Crippen molar-refractivity contribution in [2.75, 3.05) is 6.54 Å². The lowest BCUT2D eigenvalue weighted by atomic mass is 10.2. The van der Waals surface area contributed by atoms with Gasteiger partial charge in [0.25, 0.3) is 0 Å². The van der Waals surface area contributed by atoms with Gasteiger partial charge in [-0.1, -0.05) is 5.92 Å². The Bertz CT molecular complexity index is 245. The maximum atomic E-state index is 11.1. The van der Waals surface area contributed by atoms with Crippen molar-refractivity contribution < 1.29 is 9.53 Å². The van der Waals surface area contributed by atoms with E-state index >= 15 is 0 Å². The van der Waals surface area contributed by atoms with E-state index < -0.39 is 11.7 Å². The second-order valence-electron chi connectivity index (χ2n) is 3.88. The highest BCUT2D eigenvalue weighted by Crippen LogP contribution is 2.05. The second-order valence-corrected chi connectivity index (χ2v) is 3.88. The van der Waals surface area contributed by atoms with Crippen LogP contribution in [-0.2, 0) is 4.74 Å². The molecule has 0 aliphatic carbocycles. The van der Waals surface area contributed by atoms with Crippen LogP contribution in [0.15, 0.2) is 0 Å². The molecule has 0 saturated heterocycles. The van der Waals surface area contributed by atoms with Crippen LogP contribution in [0.5, 0.6) is 0 Å². The molecular formula is C10H18N2O2. The van der Waals surface area contributed by atoms with Crippen molar-refractivity contribution in [1.82, 2.24) is 5.32 Å². The first-order valence-electron chi connectivity index (χ1n) is 4.50. The van der Waals surface area contributed by atoms with Gasteiger partial charge in [0, 0.05) is 6.54 Å². The van der Waals surface area contributed by atoms with Gasteiger partial charge in [0.2, 0.25) is 0 Å². The Kier molecular flexibility index (Phi) is 5.03. The molecule has 0 aromatic carbocycles. The quantitative estimate of drug-likeness (QED) is 0.647. The number of carbonyl (C=O) groups is 1. The van der Waals surface area contributed by atoms with Crippen LogP contribution in [-0.4, -0.2) is 24.3 Å². The van der Waals surface area contributed by atoms with Crippen LogP contribution in [0.1, 0.15) is 27.7 Å². The molecule has 80 valence electrons. The van der Waals surface area contributed by atoms with Crippen molar-refractivity contribution in [1.29, 1.82) is 0 Å². The van der Waals surface area contributed by atoms with Crippen molar-refractivity contribution in [2.24, 2.45) is 5.73 Å². The fourth-order valence-electron chi connectivity index (χ4n) is 0.744. The molecule has 3 N–H and O–H groups in total. The van der Waals surface area contributed by atoms with Crippen molar-refractivity contribution >= 4 is 6.09 Å². The molecule has 0 aliphatic heterocycles. The molecule has 0 spiro atoms. The molecule has 1 amide bonds. The van der Waals surface area contributed by atoms with Crippen molar-refractivity contribution in [3.63, 3.8) is 0 Å². The summed E-state index contributed by atoms with van der Waals surface area (Å²) >= 11 is 0. The number of nitrogens with two attached hydrogens (primary N) is 1. The maximum absolute atomic E-state index is 11.1. The maximum Gasteiger partial charge on any atom is 0.407 e. The van der Waals surface area contributed by atoms with Crippen LogP contribution in [0.3, 0.4) is 0 Å². The van der Waals surface area contributed by atoms with E-state index in [1.54, 1.807) is 27.7 Å². The third-order valence-electron chi connectivity index (χ3n) is 1.19. The zero-order valence-corrected chi connectivity index (χ0v) is 9.18. The molecule has 0 fully saturated rings. The van der Waals surface area contributed by atoms with Crippen LogP contribution in [0.25, 0.3) is 0 Å². The number of nitrogens with one attached hydrogen (secondary N) is 1. The van der Waals surface area contributed by atoms with Gasteiger partial charge >= 0.3 is 6.09 Å². The van der Waals surface area contributed by atoms with Crippen molar-refractivity contribution in [2.45, 2.75) is 39.3 Å². The number of hydrogen-bond acceptors (Lipinski definition) is 3. The van der Waals surface area contributed by atoms with E-state index in [9.17, 15) is 4.79 Å². The van der Waals surface area contributed by atoms with Crippen LogP contribution < -0.4 is 11.1 Å². The smallest absolute Gasteiger partial charge is 0.407 e. The van der Waals surface area contributed by atoms with Gasteiger partial charge in [-0.15, -0.1) is 5.92 Å². The lowest BCUT2D eigenvalue weighted by molar-refractivity contribution is 0.0527. The minimum atomic E-state index is -0.482. The largest absolute Gasteiger partial charge is 0.444 e. The van der Waals surface area contributed by atoms with E-state index in [-0.39, 0.29) is 6.04 Å². The summed E-state index contributed by atoms with van der Waals surface area (Å²) in [6, 6.07) is -0.340. The average Bonchev–Trinajstić information content (AvgIpc) is 1.98. The number of carbonyl (C=O) groups excluding carboxylic acids is 1. The summed E-state index contributed by atoms with van der Waals surface area (Å²) < 4.78 is 5.01. The van der Waals surface area contributed by atoms with Crippen molar-refractivity contribution in [3.05, 3.63) is 0 Å². The predicted octanol–water partition coefficient (Wildman–Crippen LogP) is 0.862. The van der Waals surface area contributed by atoms with Gasteiger partial charge in [-0.05, 0) is 27.7 Å². The average molecular weight is 198 g/mol. The zero-order valence-electron chi connectivity index (χ0n) is 9.18. The van der Waals surface area contributed by atoms with Crippen molar-refractivity contribution in [3.8, 4) is 11.8 Å². The summed E-state index contributed by atoms with van der Waals surface area (Å²) in [5.41, 5.74) is 5.07. The number of hydrogen-bond donors (Lipinski definition) is 2. The normalized spacial score (nSPS) is 12.4. The van der Waals surface area contributed by atoms with Gasteiger partial charge < -0.3 is 15.8 Å². The van der Waals surface area contributed by atoms with E-state index in [4.69, 9.17) is 10.5 Å². The third kappa shape index (κ3) is 7.44. The summed E-state index contributed by atoms with van der Waals surface area (Å²) in [6.07, 6.45) is -0.467. The molecule has 0 saturated carbocycles. The summed E-state index contributed by atoms with van der Waals surface area (Å²) in [7, 11) is 0. The molecule has 1 atom stereocenters. The van der Waals surface area contributed by atoms with Crippen LogP contribution in [0.2, 0.25) is 0 Å². The van der Waals surface area contributed by atoms with E-state index in [1.165, 1.54) is 0 Å². The van der Waals surface area contributed by atoms with Gasteiger partial charge in [-0.2, -0.15) is 0 Å². The molecule has 0 rings (SSSR count). The Morgan fingerprint density at radius 3 is 2.57 bits per heavy atom. The number of ether oxygens (including phenoxy) is 1. The van der Waals surface area contributed by atoms with Gasteiger partial charge in [-0.25, -0.2) is 4.79 Å². The molecule has 4 nitrogen and oxygen atoms in total. The van der Waals surface area contributed by atoms with E-state index in [1.807, 2.05) is 0 Å². The molecule has 4 heteroatoms. The number of amides is 1. The Morgan fingerprint density at radius 1 is 1.57 bits per heavy atom. The minimum Gasteiger partial charge on any atom is -0.444 e. The summed E-state index contributed by atoms with van der Waals surface area (Å²) in [5, 5.41) is 2.54.